The molecule has 0 bridgehead atoms. The van der Waals surface area contributed by atoms with Gasteiger partial charge in [-0.1, -0.05) is 0 Å². The maximum Gasteiger partial charge on any atom is 0.410 e. The Kier molecular flexibility index (Phi) is 4.78. The number of Topliss-reactive ketones (excluding diaryl/α,β-unsaturated/α-hetero) is 1. The quantitative estimate of drug-likeness (QED) is 0.571. The van der Waals surface area contributed by atoms with Crippen LogP contribution in [0.1, 0.15) is 41.0 Å². The third-order valence-electron chi connectivity index (χ3n) is 3.21. The molecular formula is C14H23NO5. The van der Waals surface area contributed by atoms with Gasteiger partial charge in [0.15, 0.2) is 5.78 Å². The summed E-state index contributed by atoms with van der Waals surface area (Å²) < 4.78 is 10.2. The number of piperidine rings is 1. The van der Waals surface area contributed by atoms with E-state index in [9.17, 15) is 14.4 Å². The molecule has 1 unspecified atom stereocenters. The summed E-state index contributed by atoms with van der Waals surface area (Å²) in [6, 6.07) is 0. The highest BCUT2D eigenvalue weighted by molar-refractivity contribution is 6.05. The fourth-order valence-corrected chi connectivity index (χ4v) is 1.90. The first-order chi connectivity index (χ1) is 9.10. The van der Waals surface area contributed by atoms with Gasteiger partial charge in [-0.3, -0.25) is 9.59 Å². The Morgan fingerprint density at radius 1 is 1.35 bits per heavy atom. The number of ketones is 1. The van der Waals surface area contributed by atoms with Gasteiger partial charge < -0.3 is 14.4 Å². The smallest absolute Gasteiger partial charge is 0.410 e. The molecule has 0 spiro atoms. The van der Waals surface area contributed by atoms with E-state index in [2.05, 4.69) is 0 Å². The molecule has 1 rings (SSSR count). The molecule has 1 fully saturated rings. The number of esters is 1. The van der Waals surface area contributed by atoms with Gasteiger partial charge >= 0.3 is 12.1 Å². The topological polar surface area (TPSA) is 72.9 Å². The molecule has 20 heavy (non-hydrogen) atoms. The molecule has 6 nitrogen and oxygen atoms in total. The van der Waals surface area contributed by atoms with Crippen LogP contribution in [0.15, 0.2) is 0 Å². The summed E-state index contributed by atoms with van der Waals surface area (Å²) in [5, 5.41) is 0. The van der Waals surface area contributed by atoms with Crippen LogP contribution in [0.25, 0.3) is 0 Å². The highest BCUT2D eigenvalue weighted by Crippen LogP contribution is 2.31. The predicted octanol–water partition coefficient (Wildman–Crippen LogP) is 1.77. The fraction of sp³-hybridized carbons (Fsp3) is 0.786. The zero-order chi connectivity index (χ0) is 15.6. The van der Waals surface area contributed by atoms with Crippen LogP contribution in [-0.2, 0) is 19.1 Å². The van der Waals surface area contributed by atoms with Crippen LogP contribution in [0.5, 0.6) is 0 Å². The van der Waals surface area contributed by atoms with Crippen molar-refractivity contribution in [2.45, 2.75) is 46.6 Å². The summed E-state index contributed by atoms with van der Waals surface area (Å²) in [7, 11) is 0. The number of nitrogens with zero attached hydrogens (tertiary/aromatic N) is 1. The third kappa shape index (κ3) is 3.71. The molecule has 1 saturated heterocycles. The lowest BCUT2D eigenvalue weighted by Crippen LogP contribution is -2.53. The average Bonchev–Trinajstić information content (AvgIpc) is 2.30. The number of amides is 1. The summed E-state index contributed by atoms with van der Waals surface area (Å²) in [6.45, 7) is 8.99. The molecule has 0 aromatic rings. The molecule has 1 atom stereocenters. The lowest BCUT2D eigenvalue weighted by atomic mass is 9.79. The molecule has 114 valence electrons. The molecule has 0 saturated carbocycles. The van der Waals surface area contributed by atoms with E-state index in [4.69, 9.17) is 9.47 Å². The van der Waals surface area contributed by atoms with Crippen molar-refractivity contribution in [1.29, 1.82) is 0 Å². The molecule has 0 aromatic heterocycles. The van der Waals surface area contributed by atoms with Crippen LogP contribution >= 0.6 is 0 Å². The summed E-state index contributed by atoms with van der Waals surface area (Å²) in [4.78, 5) is 37.3. The predicted molar refractivity (Wildman–Crippen MR) is 72.2 cm³/mol. The Balaban J connectivity index is 2.74. The zero-order valence-electron chi connectivity index (χ0n) is 12.8. The van der Waals surface area contributed by atoms with Gasteiger partial charge in [0, 0.05) is 6.54 Å². The Bertz CT molecular complexity index is 412. The van der Waals surface area contributed by atoms with Gasteiger partial charge in [0.2, 0.25) is 0 Å². The lowest BCUT2D eigenvalue weighted by Gasteiger charge is -2.37. The minimum absolute atomic E-state index is 0.116. The van der Waals surface area contributed by atoms with E-state index in [-0.39, 0.29) is 25.4 Å². The highest BCUT2D eigenvalue weighted by atomic mass is 16.6. The van der Waals surface area contributed by atoms with Crippen molar-refractivity contribution in [1.82, 2.24) is 4.90 Å². The standard InChI is InChI=1S/C14H23NO5/c1-6-19-12(18)15-8-7-14(5,10(16)9-15)11(17)20-13(2,3)4/h6-9H2,1-5H3. The second-order valence-electron chi connectivity index (χ2n) is 6.13. The number of ether oxygens (including phenoxy) is 2. The second-order valence-corrected chi connectivity index (χ2v) is 6.13. The van der Waals surface area contributed by atoms with Crippen molar-refractivity contribution in [2.24, 2.45) is 5.41 Å². The number of rotatable bonds is 2. The molecule has 1 aliphatic rings. The molecule has 0 radical (unpaired) electrons. The Hall–Kier alpha value is -1.59. The molecule has 0 N–H and O–H groups in total. The maximum atomic E-state index is 12.2. The summed E-state index contributed by atoms with van der Waals surface area (Å²) >= 11 is 0. The summed E-state index contributed by atoms with van der Waals surface area (Å²) in [6.07, 6.45) is -0.272. The van der Waals surface area contributed by atoms with Gasteiger partial charge in [-0.05, 0) is 41.0 Å². The van der Waals surface area contributed by atoms with E-state index in [0.29, 0.717) is 6.54 Å². The van der Waals surface area contributed by atoms with E-state index < -0.39 is 23.1 Å². The van der Waals surface area contributed by atoms with E-state index >= 15 is 0 Å². The van der Waals surface area contributed by atoms with Crippen LogP contribution < -0.4 is 0 Å². The van der Waals surface area contributed by atoms with Crippen molar-refractivity contribution in [3.05, 3.63) is 0 Å². The third-order valence-corrected chi connectivity index (χ3v) is 3.21. The minimum Gasteiger partial charge on any atom is -0.459 e. The van der Waals surface area contributed by atoms with Crippen LogP contribution in [0, 0.1) is 5.41 Å². The van der Waals surface area contributed by atoms with Crippen LogP contribution in [0.2, 0.25) is 0 Å². The normalized spacial score (nSPS) is 23.4. The minimum atomic E-state index is -1.18. The highest BCUT2D eigenvalue weighted by Gasteiger charge is 2.47. The lowest BCUT2D eigenvalue weighted by molar-refractivity contribution is -0.171. The van der Waals surface area contributed by atoms with Gasteiger partial charge in [0.25, 0.3) is 0 Å². The molecule has 1 heterocycles. The van der Waals surface area contributed by atoms with Crippen LogP contribution in [0.4, 0.5) is 4.79 Å². The van der Waals surface area contributed by atoms with Gasteiger partial charge in [-0.2, -0.15) is 0 Å². The van der Waals surface area contributed by atoms with Gasteiger partial charge in [0.1, 0.15) is 11.0 Å². The average molecular weight is 285 g/mol. The number of carbonyl (C=O) groups excluding carboxylic acids is 3. The molecule has 0 aromatic carbocycles. The second kappa shape index (κ2) is 5.81. The van der Waals surface area contributed by atoms with Crippen molar-refractivity contribution in [3.63, 3.8) is 0 Å². The first-order valence-electron chi connectivity index (χ1n) is 6.78. The number of hydrogen-bond donors (Lipinski definition) is 0. The molecular weight excluding hydrogens is 262 g/mol. The number of carbonyl (C=O) groups is 3. The fourth-order valence-electron chi connectivity index (χ4n) is 1.90. The summed E-state index contributed by atoms with van der Waals surface area (Å²) in [5.41, 5.74) is -1.82. The molecule has 1 aliphatic heterocycles. The number of likely N-dealkylation sites (tertiary alicyclic amines) is 1. The summed E-state index contributed by atoms with van der Waals surface area (Å²) in [5.74, 6) is -0.843. The van der Waals surface area contributed by atoms with E-state index in [1.165, 1.54) is 4.90 Å². The Labute approximate surface area is 119 Å². The first kappa shape index (κ1) is 16.5. The van der Waals surface area contributed by atoms with Crippen LogP contribution in [0.3, 0.4) is 0 Å². The van der Waals surface area contributed by atoms with Crippen molar-refractivity contribution in [3.8, 4) is 0 Å². The molecule has 6 heteroatoms. The van der Waals surface area contributed by atoms with E-state index in [1.54, 1.807) is 34.6 Å². The Morgan fingerprint density at radius 2 is 1.95 bits per heavy atom. The molecule has 1 amide bonds. The van der Waals surface area contributed by atoms with E-state index in [1.807, 2.05) is 0 Å². The van der Waals surface area contributed by atoms with Gasteiger partial charge in [0.05, 0.1) is 13.2 Å². The van der Waals surface area contributed by atoms with Crippen molar-refractivity contribution >= 4 is 17.8 Å². The Morgan fingerprint density at radius 3 is 2.40 bits per heavy atom. The van der Waals surface area contributed by atoms with E-state index in [0.717, 1.165) is 0 Å². The zero-order valence-corrected chi connectivity index (χ0v) is 12.8. The first-order valence-corrected chi connectivity index (χ1v) is 6.78. The van der Waals surface area contributed by atoms with Crippen LogP contribution in [-0.4, -0.2) is 48.0 Å². The van der Waals surface area contributed by atoms with Crippen molar-refractivity contribution < 1.29 is 23.9 Å². The van der Waals surface area contributed by atoms with Gasteiger partial charge in [-0.25, -0.2) is 4.79 Å². The monoisotopic (exact) mass is 285 g/mol. The maximum absolute atomic E-state index is 12.2. The largest absolute Gasteiger partial charge is 0.459 e. The number of hydrogen-bond acceptors (Lipinski definition) is 5. The SMILES string of the molecule is CCOC(=O)N1CCC(C)(C(=O)OC(C)(C)C)C(=O)C1. The molecule has 0 aliphatic carbocycles. The van der Waals surface area contributed by atoms with Crippen molar-refractivity contribution in [2.75, 3.05) is 19.7 Å². The van der Waals surface area contributed by atoms with Gasteiger partial charge in [-0.15, -0.1) is 0 Å².